The van der Waals surface area contributed by atoms with Crippen LogP contribution in [0, 0.1) is 12.8 Å². The number of benzene rings is 6. The first kappa shape index (κ1) is 50.2. The first-order valence-corrected chi connectivity index (χ1v) is 25.4. The van der Waals surface area contributed by atoms with Crippen LogP contribution >= 0.6 is 0 Å². The van der Waals surface area contributed by atoms with Crippen molar-refractivity contribution >= 4 is 5.57 Å². The van der Waals surface area contributed by atoms with Gasteiger partial charge in [-0.2, -0.15) is 0 Å². The number of aryl methyl sites for hydroxylation is 1. The molecule has 4 unspecified atom stereocenters. The van der Waals surface area contributed by atoms with E-state index in [0.29, 0.717) is 11.8 Å². The third kappa shape index (κ3) is 10.4. The molecule has 4 atom stereocenters. The Balaban J connectivity index is 0.000000190. The monoisotopic (exact) mass is 881 g/mol. The molecule has 0 aliphatic heterocycles. The van der Waals surface area contributed by atoms with Gasteiger partial charge < -0.3 is 0 Å². The van der Waals surface area contributed by atoms with E-state index in [1.807, 2.05) is 47.6 Å². The fourth-order valence-corrected chi connectivity index (χ4v) is 10.8. The largest absolute Gasteiger partial charge is 0.0839 e. The minimum Gasteiger partial charge on any atom is -0.0839 e. The second kappa shape index (κ2) is 23.5. The molecule has 5 aliphatic rings. The van der Waals surface area contributed by atoms with Crippen LogP contribution in [0.15, 0.2) is 217 Å². The zero-order valence-corrected chi connectivity index (χ0v) is 42.5. The van der Waals surface area contributed by atoms with Gasteiger partial charge in [0.1, 0.15) is 0 Å². The average Bonchev–Trinajstić information content (AvgIpc) is 3.83. The van der Waals surface area contributed by atoms with Crippen molar-refractivity contribution < 1.29 is 0 Å². The summed E-state index contributed by atoms with van der Waals surface area (Å²) in [5.41, 5.74) is 21.2. The molecule has 0 N–H and O–H groups in total. The second-order valence-electron chi connectivity index (χ2n) is 17.9. The van der Waals surface area contributed by atoms with E-state index in [4.69, 9.17) is 0 Å². The van der Waals surface area contributed by atoms with Gasteiger partial charge in [-0.25, -0.2) is 0 Å². The van der Waals surface area contributed by atoms with Crippen LogP contribution in [0.4, 0.5) is 0 Å². The van der Waals surface area contributed by atoms with Crippen molar-refractivity contribution in [1.29, 1.82) is 0 Å². The van der Waals surface area contributed by atoms with E-state index < -0.39 is 0 Å². The van der Waals surface area contributed by atoms with Gasteiger partial charge in [0, 0.05) is 16.7 Å². The van der Waals surface area contributed by atoms with Crippen LogP contribution in [0.25, 0.3) is 27.8 Å². The van der Waals surface area contributed by atoms with Gasteiger partial charge in [-0.15, -0.1) is 0 Å². The van der Waals surface area contributed by atoms with Crippen molar-refractivity contribution in [2.45, 2.75) is 119 Å². The van der Waals surface area contributed by atoms with Gasteiger partial charge in [-0.05, 0) is 126 Å². The normalized spacial score (nSPS) is 20.9. The van der Waals surface area contributed by atoms with Crippen molar-refractivity contribution in [3.05, 3.63) is 256 Å². The van der Waals surface area contributed by atoms with Crippen LogP contribution in [-0.4, -0.2) is 0 Å². The zero-order valence-electron chi connectivity index (χ0n) is 42.5. The minimum absolute atomic E-state index is 0.0701. The molecule has 0 fully saturated rings. The third-order valence-corrected chi connectivity index (χ3v) is 14.0. The summed E-state index contributed by atoms with van der Waals surface area (Å²) in [5.74, 6) is 1.03. The van der Waals surface area contributed by atoms with E-state index in [-0.39, 0.29) is 10.8 Å². The van der Waals surface area contributed by atoms with Crippen LogP contribution in [-0.2, 0) is 10.8 Å². The molecule has 0 nitrogen and oxygen atoms in total. The van der Waals surface area contributed by atoms with E-state index in [1.165, 1.54) is 66.8 Å². The molecule has 0 radical (unpaired) electrons. The maximum absolute atomic E-state index is 2.53. The summed E-state index contributed by atoms with van der Waals surface area (Å²) >= 11 is 0. The molecule has 0 heterocycles. The molecule has 0 aromatic heterocycles. The summed E-state index contributed by atoms with van der Waals surface area (Å²) in [5, 5.41) is 0. The molecule has 0 spiro atoms. The number of hydrogen-bond donors (Lipinski definition) is 0. The maximum atomic E-state index is 2.53. The highest BCUT2D eigenvalue weighted by molar-refractivity contribution is 5.93. The molecule has 0 saturated carbocycles. The number of allylic oxidation sites excluding steroid dienone is 12. The lowest BCUT2D eigenvalue weighted by Gasteiger charge is -2.40. The molecule has 11 rings (SSSR count). The minimum atomic E-state index is -0.151. The number of hydrogen-bond acceptors (Lipinski definition) is 0. The fraction of sp³-hybridized carbons (Fsp3) is 0.284. The van der Waals surface area contributed by atoms with E-state index in [1.54, 1.807) is 16.7 Å². The van der Waals surface area contributed by atoms with E-state index in [2.05, 4.69) is 229 Å². The highest BCUT2D eigenvalue weighted by Gasteiger charge is 2.52. The molecule has 0 amide bonds. The van der Waals surface area contributed by atoms with Crippen LogP contribution in [0.2, 0.25) is 0 Å². The molecule has 0 saturated heterocycles. The standard InChI is InChI=1S/C35H32.C13H14.C13H12.3C2H6/c1-23-17-19-25(20-18-23)35(3)31-16-10-8-14-27(31)29-22-21-28-26-13-7-9-15-30(26)34(2,32(28)33(29)35)24-11-5-4-6-12-24;1-11-6-5-9-13(10-11)12-7-3-2-4-8-12;1-11-7-9-13(10-8-11)12-5-3-2-4-6-12;3*1-2/h4-6,8-12,14-19,21-22,25H,7,13,20H2,1-3H3;2-8,10,13H,9H2,1H3;2-10H,1H3;3*1-2H3. The molecule has 344 valence electrons. The second-order valence-corrected chi connectivity index (χ2v) is 17.9. The first-order valence-electron chi connectivity index (χ1n) is 25.4. The first-order chi connectivity index (χ1) is 32.8. The SMILES string of the molecule is CC.CC.CC.CC1=CC(c2ccccc2)CC=C1.CC1=CCC(C2(C)c3ccccc3-c3ccc4c(c32)C(C)(c2ccccc2)C2=C4CCC=C2)C=C1.Cc1ccc(-c2ccccc2)cc1. The molecule has 6 aromatic rings. The number of rotatable bonds is 4. The summed E-state index contributed by atoms with van der Waals surface area (Å²) in [7, 11) is 0. The van der Waals surface area contributed by atoms with Crippen molar-refractivity contribution in [3.63, 3.8) is 0 Å². The van der Waals surface area contributed by atoms with Gasteiger partial charge >= 0.3 is 0 Å². The number of fused-ring (bicyclic) bond motifs is 6. The molecular formula is C67H76. The Labute approximate surface area is 406 Å². The summed E-state index contributed by atoms with van der Waals surface area (Å²) in [4.78, 5) is 0. The Bertz CT molecular complexity index is 2720. The van der Waals surface area contributed by atoms with Gasteiger partial charge in [-0.3, -0.25) is 0 Å². The molecule has 5 aliphatic carbocycles. The van der Waals surface area contributed by atoms with Crippen molar-refractivity contribution in [1.82, 2.24) is 0 Å². The van der Waals surface area contributed by atoms with Crippen molar-refractivity contribution in [2.75, 3.05) is 0 Å². The quantitative estimate of drug-likeness (QED) is 0.165. The van der Waals surface area contributed by atoms with E-state index in [0.717, 1.165) is 25.7 Å². The maximum Gasteiger partial charge on any atom is 0.0435 e. The Morgan fingerprint density at radius 2 is 1.09 bits per heavy atom. The van der Waals surface area contributed by atoms with E-state index >= 15 is 0 Å². The van der Waals surface area contributed by atoms with Crippen LogP contribution in [0.3, 0.4) is 0 Å². The molecule has 0 heteroatoms. The van der Waals surface area contributed by atoms with Gasteiger partial charge in [0.15, 0.2) is 0 Å². The average molecular weight is 881 g/mol. The Morgan fingerprint density at radius 3 is 1.73 bits per heavy atom. The summed E-state index contributed by atoms with van der Waals surface area (Å²) in [6.45, 7) is 23.5. The van der Waals surface area contributed by atoms with E-state index in [9.17, 15) is 0 Å². The molecule has 6 aromatic carbocycles. The summed E-state index contributed by atoms with van der Waals surface area (Å²) in [6.07, 6.45) is 23.4. The Kier molecular flexibility index (Phi) is 17.6. The lowest BCUT2D eigenvalue weighted by Crippen LogP contribution is -2.35. The smallest absolute Gasteiger partial charge is 0.0435 e. The highest BCUT2D eigenvalue weighted by Crippen LogP contribution is 2.63. The lowest BCUT2D eigenvalue weighted by molar-refractivity contribution is 0.417. The summed E-state index contributed by atoms with van der Waals surface area (Å²) < 4.78 is 0. The molecule has 0 bridgehead atoms. The fourth-order valence-electron chi connectivity index (χ4n) is 10.8. The van der Waals surface area contributed by atoms with Crippen molar-refractivity contribution in [3.8, 4) is 22.3 Å². The molecule has 67 heavy (non-hydrogen) atoms. The van der Waals surface area contributed by atoms with Crippen LogP contribution in [0.5, 0.6) is 0 Å². The van der Waals surface area contributed by atoms with Gasteiger partial charge in [0.25, 0.3) is 0 Å². The topological polar surface area (TPSA) is 0 Å². The lowest BCUT2D eigenvalue weighted by atomic mass is 9.62. The Morgan fingerprint density at radius 1 is 0.493 bits per heavy atom. The third-order valence-electron chi connectivity index (χ3n) is 14.0. The van der Waals surface area contributed by atoms with Gasteiger partial charge in [0.2, 0.25) is 0 Å². The molecular weight excluding hydrogens is 805 g/mol. The van der Waals surface area contributed by atoms with Gasteiger partial charge in [0.05, 0.1) is 0 Å². The van der Waals surface area contributed by atoms with Crippen molar-refractivity contribution in [2.24, 2.45) is 5.92 Å². The van der Waals surface area contributed by atoms with Gasteiger partial charge in [-0.1, -0.05) is 265 Å². The predicted octanol–water partition coefficient (Wildman–Crippen LogP) is 19.3. The summed E-state index contributed by atoms with van der Waals surface area (Å²) in [6, 6.07) is 55.0. The zero-order chi connectivity index (χ0) is 48.0. The Hall–Kier alpha value is -6.24. The van der Waals surface area contributed by atoms with Crippen LogP contribution < -0.4 is 0 Å². The van der Waals surface area contributed by atoms with Crippen LogP contribution in [0.1, 0.15) is 140 Å². The predicted molar refractivity (Wildman–Crippen MR) is 295 cm³/mol. The highest BCUT2D eigenvalue weighted by atomic mass is 14.5.